The van der Waals surface area contributed by atoms with E-state index in [1.807, 2.05) is 30.3 Å². The van der Waals surface area contributed by atoms with Crippen LogP contribution in [0, 0.1) is 0 Å². The van der Waals surface area contributed by atoms with Crippen LogP contribution in [0.2, 0.25) is 0 Å². The number of carbonyl (C=O) groups is 1. The Balaban J connectivity index is 1.63. The molecule has 1 amide bonds. The van der Waals surface area contributed by atoms with E-state index in [4.69, 9.17) is 4.74 Å². The number of alkyl carbamates (subject to hydrolysis) is 1. The molecular formula is C13H17NO3. The molecule has 0 heterocycles. The molecule has 92 valence electrons. The van der Waals surface area contributed by atoms with Gasteiger partial charge in [-0.25, -0.2) is 4.79 Å². The molecule has 0 atom stereocenters. The number of ether oxygens (including phenoxy) is 2. The van der Waals surface area contributed by atoms with Crippen LogP contribution in [0.25, 0.3) is 0 Å². The molecule has 4 heteroatoms. The molecule has 0 saturated heterocycles. The summed E-state index contributed by atoms with van der Waals surface area (Å²) in [5.74, 6) is 0. The van der Waals surface area contributed by atoms with E-state index < -0.39 is 0 Å². The van der Waals surface area contributed by atoms with Crippen molar-refractivity contribution in [2.45, 2.75) is 31.6 Å². The van der Waals surface area contributed by atoms with E-state index in [1.54, 1.807) is 0 Å². The lowest BCUT2D eigenvalue weighted by Gasteiger charge is -2.35. The number of nitrogens with one attached hydrogen (secondary N) is 1. The fourth-order valence-electron chi connectivity index (χ4n) is 1.83. The van der Waals surface area contributed by atoms with Gasteiger partial charge in [-0.2, -0.15) is 0 Å². The van der Waals surface area contributed by atoms with Crippen LogP contribution >= 0.6 is 0 Å². The smallest absolute Gasteiger partial charge is 0.407 e. The lowest BCUT2D eigenvalue weighted by molar-refractivity contribution is -0.0256. The van der Waals surface area contributed by atoms with Crippen molar-refractivity contribution < 1.29 is 14.3 Å². The van der Waals surface area contributed by atoms with Gasteiger partial charge in [-0.1, -0.05) is 30.3 Å². The highest BCUT2D eigenvalue weighted by molar-refractivity contribution is 5.67. The minimum atomic E-state index is -0.364. The summed E-state index contributed by atoms with van der Waals surface area (Å²) >= 11 is 0. The maximum Gasteiger partial charge on any atom is 0.407 e. The molecule has 1 aliphatic rings. The first-order valence-corrected chi connectivity index (χ1v) is 5.78. The van der Waals surface area contributed by atoms with E-state index in [-0.39, 0.29) is 18.2 Å². The third kappa shape index (κ3) is 3.46. The number of carbonyl (C=O) groups excluding carboxylic acids is 1. The van der Waals surface area contributed by atoms with E-state index in [2.05, 4.69) is 10.1 Å². The van der Waals surface area contributed by atoms with Crippen molar-refractivity contribution in [3.63, 3.8) is 0 Å². The SMILES string of the molecule is COC(=O)NC1CC(OCc2ccccc2)C1. The molecule has 0 aromatic heterocycles. The number of benzene rings is 1. The minimum absolute atomic E-state index is 0.197. The van der Waals surface area contributed by atoms with Crippen LogP contribution in [0.15, 0.2) is 30.3 Å². The van der Waals surface area contributed by atoms with Gasteiger partial charge in [0.15, 0.2) is 0 Å². The maximum atomic E-state index is 10.9. The van der Waals surface area contributed by atoms with Crippen molar-refractivity contribution in [1.29, 1.82) is 0 Å². The Kier molecular flexibility index (Phi) is 3.98. The Labute approximate surface area is 101 Å². The van der Waals surface area contributed by atoms with Crippen molar-refractivity contribution in [3.8, 4) is 0 Å². The van der Waals surface area contributed by atoms with Gasteiger partial charge in [0.1, 0.15) is 0 Å². The first kappa shape index (κ1) is 11.9. The summed E-state index contributed by atoms with van der Waals surface area (Å²) in [6, 6.07) is 10.3. The fourth-order valence-corrected chi connectivity index (χ4v) is 1.83. The highest BCUT2D eigenvalue weighted by Gasteiger charge is 2.31. The molecule has 17 heavy (non-hydrogen) atoms. The second-order valence-electron chi connectivity index (χ2n) is 4.22. The summed E-state index contributed by atoms with van der Waals surface area (Å²) in [6.45, 7) is 0.635. The largest absolute Gasteiger partial charge is 0.453 e. The van der Waals surface area contributed by atoms with E-state index in [1.165, 1.54) is 12.7 Å². The van der Waals surface area contributed by atoms with Crippen LogP contribution in [0.3, 0.4) is 0 Å². The van der Waals surface area contributed by atoms with Crippen LogP contribution in [-0.4, -0.2) is 25.3 Å². The molecule has 0 spiro atoms. The van der Waals surface area contributed by atoms with Crippen LogP contribution in [-0.2, 0) is 16.1 Å². The average molecular weight is 235 g/mol. The third-order valence-corrected chi connectivity index (χ3v) is 2.93. The van der Waals surface area contributed by atoms with Gasteiger partial charge in [0.2, 0.25) is 0 Å². The molecule has 1 aromatic rings. The Morgan fingerprint density at radius 2 is 2.06 bits per heavy atom. The molecule has 0 unspecified atom stereocenters. The predicted molar refractivity (Wildman–Crippen MR) is 63.6 cm³/mol. The third-order valence-electron chi connectivity index (χ3n) is 2.93. The number of hydrogen-bond donors (Lipinski definition) is 1. The van der Waals surface area contributed by atoms with Gasteiger partial charge >= 0.3 is 6.09 Å². The highest BCUT2D eigenvalue weighted by atomic mass is 16.5. The monoisotopic (exact) mass is 235 g/mol. The first-order valence-electron chi connectivity index (χ1n) is 5.78. The van der Waals surface area contributed by atoms with Gasteiger partial charge < -0.3 is 14.8 Å². The number of rotatable bonds is 4. The Morgan fingerprint density at radius 1 is 1.35 bits per heavy atom. The Hall–Kier alpha value is -1.55. The molecule has 1 N–H and O–H groups in total. The molecule has 0 radical (unpaired) electrons. The minimum Gasteiger partial charge on any atom is -0.453 e. The second kappa shape index (κ2) is 5.68. The second-order valence-corrected chi connectivity index (χ2v) is 4.22. The molecule has 1 aromatic carbocycles. The van der Waals surface area contributed by atoms with Crippen LogP contribution in [0.1, 0.15) is 18.4 Å². The number of hydrogen-bond acceptors (Lipinski definition) is 3. The number of amides is 1. The molecule has 2 rings (SSSR count). The van der Waals surface area contributed by atoms with Crippen molar-refractivity contribution in [3.05, 3.63) is 35.9 Å². The van der Waals surface area contributed by atoms with Gasteiger partial charge in [0, 0.05) is 6.04 Å². The highest BCUT2D eigenvalue weighted by Crippen LogP contribution is 2.24. The first-order chi connectivity index (χ1) is 8.28. The standard InChI is InChI=1S/C13H17NO3/c1-16-13(15)14-11-7-12(8-11)17-9-10-5-3-2-4-6-10/h2-6,11-12H,7-9H2,1H3,(H,14,15). The maximum absolute atomic E-state index is 10.9. The summed E-state index contributed by atoms with van der Waals surface area (Å²) in [4.78, 5) is 10.9. The molecule has 1 saturated carbocycles. The normalized spacial score (nSPS) is 22.6. The van der Waals surface area contributed by atoms with Crippen LogP contribution in [0.4, 0.5) is 4.79 Å². The van der Waals surface area contributed by atoms with Crippen molar-refractivity contribution in [2.24, 2.45) is 0 Å². The van der Waals surface area contributed by atoms with E-state index in [0.29, 0.717) is 6.61 Å². The van der Waals surface area contributed by atoms with Crippen LogP contribution in [0.5, 0.6) is 0 Å². The molecule has 1 aliphatic carbocycles. The van der Waals surface area contributed by atoms with E-state index in [9.17, 15) is 4.79 Å². The lowest BCUT2D eigenvalue weighted by Crippen LogP contribution is -2.47. The molecule has 0 bridgehead atoms. The predicted octanol–water partition coefficient (Wildman–Crippen LogP) is 2.09. The number of methoxy groups -OCH3 is 1. The topological polar surface area (TPSA) is 47.6 Å². The van der Waals surface area contributed by atoms with Crippen LogP contribution < -0.4 is 5.32 Å². The van der Waals surface area contributed by atoms with Gasteiger partial charge in [0.05, 0.1) is 19.8 Å². The lowest BCUT2D eigenvalue weighted by atomic mass is 9.89. The summed E-state index contributed by atoms with van der Waals surface area (Å²) in [7, 11) is 1.37. The fraction of sp³-hybridized carbons (Fsp3) is 0.462. The summed E-state index contributed by atoms with van der Waals surface area (Å²) in [6.07, 6.45) is 1.61. The summed E-state index contributed by atoms with van der Waals surface area (Å²) in [5.41, 5.74) is 1.18. The van der Waals surface area contributed by atoms with E-state index in [0.717, 1.165) is 12.8 Å². The summed E-state index contributed by atoms with van der Waals surface area (Å²) < 4.78 is 10.2. The van der Waals surface area contributed by atoms with Gasteiger partial charge in [0.25, 0.3) is 0 Å². The molecule has 1 fully saturated rings. The zero-order chi connectivity index (χ0) is 12.1. The van der Waals surface area contributed by atoms with Crippen molar-refractivity contribution >= 4 is 6.09 Å². The van der Waals surface area contributed by atoms with Crippen molar-refractivity contribution in [1.82, 2.24) is 5.32 Å². The molecule has 4 nitrogen and oxygen atoms in total. The summed E-state index contributed by atoms with van der Waals surface area (Å²) in [5, 5.41) is 2.75. The quantitative estimate of drug-likeness (QED) is 0.869. The zero-order valence-electron chi connectivity index (χ0n) is 9.89. The Morgan fingerprint density at radius 3 is 2.71 bits per heavy atom. The van der Waals surface area contributed by atoms with Crippen molar-refractivity contribution in [2.75, 3.05) is 7.11 Å². The van der Waals surface area contributed by atoms with Gasteiger partial charge in [-0.15, -0.1) is 0 Å². The van der Waals surface area contributed by atoms with E-state index >= 15 is 0 Å². The molecule has 0 aliphatic heterocycles. The average Bonchev–Trinajstić information content (AvgIpc) is 2.32. The zero-order valence-corrected chi connectivity index (χ0v) is 9.89. The Bertz CT molecular complexity index is 360. The van der Waals surface area contributed by atoms with Gasteiger partial charge in [-0.3, -0.25) is 0 Å². The molecular weight excluding hydrogens is 218 g/mol. The van der Waals surface area contributed by atoms with Gasteiger partial charge in [-0.05, 0) is 18.4 Å².